The van der Waals surface area contributed by atoms with E-state index in [-0.39, 0.29) is 23.8 Å². The first-order chi connectivity index (χ1) is 14.8. The SMILES string of the molecule is CCCC1CCC(C2CCC(/C=C/c3ccc(OCC)c(F)c3C(F)(F)F)CC2)CC1. The highest BCUT2D eigenvalue weighted by atomic mass is 19.4. The lowest BCUT2D eigenvalue weighted by molar-refractivity contribution is -0.140. The van der Waals surface area contributed by atoms with Crippen LogP contribution in [0.1, 0.15) is 89.2 Å². The first kappa shape index (κ1) is 24.1. The van der Waals surface area contributed by atoms with Gasteiger partial charge in [-0.15, -0.1) is 0 Å². The number of rotatable bonds is 7. The van der Waals surface area contributed by atoms with E-state index in [1.54, 1.807) is 6.92 Å². The van der Waals surface area contributed by atoms with E-state index in [1.807, 2.05) is 6.08 Å². The van der Waals surface area contributed by atoms with Gasteiger partial charge in [0.1, 0.15) is 5.56 Å². The van der Waals surface area contributed by atoms with Crippen molar-refractivity contribution in [3.8, 4) is 5.75 Å². The molecule has 1 aromatic rings. The molecule has 31 heavy (non-hydrogen) atoms. The van der Waals surface area contributed by atoms with Gasteiger partial charge in [0.2, 0.25) is 0 Å². The fourth-order valence-corrected chi connectivity index (χ4v) is 5.67. The highest BCUT2D eigenvalue weighted by Gasteiger charge is 2.38. The number of benzene rings is 1. The Morgan fingerprint density at radius 1 is 0.935 bits per heavy atom. The van der Waals surface area contributed by atoms with Crippen LogP contribution in [0.4, 0.5) is 17.6 Å². The van der Waals surface area contributed by atoms with Gasteiger partial charge in [0, 0.05) is 0 Å². The molecule has 0 bridgehead atoms. The zero-order chi connectivity index (χ0) is 22.4. The Morgan fingerprint density at radius 2 is 1.55 bits per heavy atom. The van der Waals surface area contributed by atoms with Crippen LogP contribution in [-0.4, -0.2) is 6.61 Å². The van der Waals surface area contributed by atoms with Crippen LogP contribution < -0.4 is 4.74 Å². The fourth-order valence-electron chi connectivity index (χ4n) is 5.67. The van der Waals surface area contributed by atoms with Crippen molar-refractivity contribution in [1.82, 2.24) is 0 Å². The highest BCUT2D eigenvalue weighted by molar-refractivity contribution is 5.57. The number of alkyl halides is 3. The Bertz CT molecular complexity index is 724. The van der Waals surface area contributed by atoms with E-state index in [1.165, 1.54) is 56.7 Å². The van der Waals surface area contributed by atoms with Gasteiger partial charge < -0.3 is 4.74 Å². The summed E-state index contributed by atoms with van der Waals surface area (Å²) in [5.41, 5.74) is -1.35. The van der Waals surface area contributed by atoms with Crippen molar-refractivity contribution in [2.45, 2.75) is 84.2 Å². The molecule has 0 saturated heterocycles. The molecule has 0 unspecified atom stereocenters. The number of ether oxygens (including phenoxy) is 1. The van der Waals surface area contributed by atoms with Crippen LogP contribution in [-0.2, 0) is 6.18 Å². The standard InChI is InChI=1S/C26H36F4O/c1-3-5-18-6-11-20(12-7-18)21-13-8-19(9-14-21)10-15-22-16-17-23(31-4-2)25(27)24(22)26(28,29)30/h10,15-21H,3-9,11-14H2,1-2H3/b15-10+. The van der Waals surface area contributed by atoms with Crippen molar-refractivity contribution in [3.63, 3.8) is 0 Å². The molecule has 3 rings (SSSR count). The lowest BCUT2D eigenvalue weighted by Crippen LogP contribution is -2.25. The maximum atomic E-state index is 14.4. The molecule has 1 nitrogen and oxygen atoms in total. The third kappa shape index (κ3) is 6.26. The van der Waals surface area contributed by atoms with E-state index < -0.39 is 17.6 Å². The fraction of sp³-hybridized carbons (Fsp3) is 0.692. The summed E-state index contributed by atoms with van der Waals surface area (Å²) in [4.78, 5) is 0. The number of halogens is 4. The van der Waals surface area contributed by atoms with E-state index in [9.17, 15) is 17.6 Å². The molecular weight excluding hydrogens is 404 g/mol. The zero-order valence-electron chi connectivity index (χ0n) is 18.8. The lowest BCUT2D eigenvalue weighted by Gasteiger charge is -2.37. The van der Waals surface area contributed by atoms with Crippen LogP contribution in [0, 0.1) is 29.5 Å². The van der Waals surface area contributed by atoms with Gasteiger partial charge in [0.05, 0.1) is 6.61 Å². The zero-order valence-corrected chi connectivity index (χ0v) is 18.8. The van der Waals surface area contributed by atoms with Crippen molar-refractivity contribution < 1.29 is 22.3 Å². The third-order valence-electron chi connectivity index (χ3n) is 7.34. The number of allylic oxidation sites excluding steroid dienone is 1. The molecule has 0 heterocycles. The van der Waals surface area contributed by atoms with Gasteiger partial charge in [-0.2, -0.15) is 13.2 Å². The van der Waals surface area contributed by atoms with Gasteiger partial charge in [-0.3, -0.25) is 0 Å². The number of hydrogen-bond donors (Lipinski definition) is 0. The Kier molecular flexibility index (Phi) is 8.46. The van der Waals surface area contributed by atoms with Crippen LogP contribution in [0.5, 0.6) is 5.75 Å². The summed E-state index contributed by atoms with van der Waals surface area (Å²) in [5.74, 6) is 1.11. The lowest BCUT2D eigenvalue weighted by atomic mass is 9.68. The molecular formula is C26H36F4O. The molecule has 0 amide bonds. The Hall–Kier alpha value is -1.52. The van der Waals surface area contributed by atoms with E-state index in [4.69, 9.17) is 4.74 Å². The molecule has 0 aromatic heterocycles. The molecule has 0 radical (unpaired) electrons. The average Bonchev–Trinajstić information content (AvgIpc) is 2.74. The largest absolute Gasteiger partial charge is 0.491 e. The summed E-state index contributed by atoms with van der Waals surface area (Å²) in [5, 5.41) is 0. The minimum Gasteiger partial charge on any atom is -0.491 e. The van der Waals surface area contributed by atoms with Crippen molar-refractivity contribution in [3.05, 3.63) is 35.2 Å². The topological polar surface area (TPSA) is 9.23 Å². The molecule has 0 N–H and O–H groups in total. The van der Waals surface area contributed by atoms with Gasteiger partial charge >= 0.3 is 6.18 Å². The maximum absolute atomic E-state index is 14.4. The summed E-state index contributed by atoms with van der Waals surface area (Å²) in [6.07, 6.45) is 10.9. The quantitative estimate of drug-likeness (QED) is 0.385. The smallest absolute Gasteiger partial charge is 0.419 e. The van der Waals surface area contributed by atoms with Crippen molar-refractivity contribution in [1.29, 1.82) is 0 Å². The predicted molar refractivity (Wildman–Crippen MR) is 117 cm³/mol. The molecule has 174 valence electrons. The van der Waals surface area contributed by atoms with Crippen molar-refractivity contribution >= 4 is 6.08 Å². The van der Waals surface area contributed by atoms with Crippen LogP contribution in [0.25, 0.3) is 6.08 Å². The van der Waals surface area contributed by atoms with E-state index in [0.717, 1.165) is 43.4 Å². The van der Waals surface area contributed by atoms with Crippen LogP contribution in [0.15, 0.2) is 18.2 Å². The van der Waals surface area contributed by atoms with Gasteiger partial charge in [0.15, 0.2) is 11.6 Å². The molecule has 0 atom stereocenters. The first-order valence-electron chi connectivity index (χ1n) is 12.0. The normalized spacial score (nSPS) is 27.5. The van der Waals surface area contributed by atoms with Crippen molar-refractivity contribution in [2.24, 2.45) is 23.7 Å². The molecule has 2 aliphatic carbocycles. The molecule has 1 aromatic carbocycles. The Balaban J connectivity index is 1.59. The minimum atomic E-state index is -4.76. The van der Waals surface area contributed by atoms with Gasteiger partial charge in [-0.05, 0) is 80.8 Å². The summed E-state index contributed by atoms with van der Waals surface area (Å²) >= 11 is 0. The molecule has 2 fully saturated rings. The third-order valence-corrected chi connectivity index (χ3v) is 7.34. The maximum Gasteiger partial charge on any atom is 0.419 e. The van der Waals surface area contributed by atoms with Gasteiger partial charge in [-0.25, -0.2) is 4.39 Å². The second-order valence-corrected chi connectivity index (χ2v) is 9.38. The minimum absolute atomic E-state index is 0.118. The summed E-state index contributed by atoms with van der Waals surface area (Å²) in [6.45, 7) is 4.00. The Morgan fingerprint density at radius 3 is 2.10 bits per heavy atom. The van der Waals surface area contributed by atoms with Crippen LogP contribution >= 0.6 is 0 Å². The molecule has 2 saturated carbocycles. The first-order valence-corrected chi connectivity index (χ1v) is 12.0. The van der Waals surface area contributed by atoms with Crippen LogP contribution in [0.2, 0.25) is 0 Å². The highest BCUT2D eigenvalue weighted by Crippen LogP contribution is 2.43. The summed E-state index contributed by atoms with van der Waals surface area (Å²) < 4.78 is 59.9. The monoisotopic (exact) mass is 440 g/mol. The van der Waals surface area contributed by atoms with Gasteiger partial charge in [0.25, 0.3) is 0 Å². The van der Waals surface area contributed by atoms with E-state index >= 15 is 0 Å². The van der Waals surface area contributed by atoms with Gasteiger partial charge in [-0.1, -0.05) is 50.8 Å². The Labute approximate surface area is 184 Å². The molecule has 0 spiro atoms. The number of hydrogen-bond acceptors (Lipinski definition) is 1. The van der Waals surface area contributed by atoms with Crippen molar-refractivity contribution in [2.75, 3.05) is 6.61 Å². The second kappa shape index (κ2) is 10.9. The summed E-state index contributed by atoms with van der Waals surface area (Å²) in [6, 6.07) is 2.60. The molecule has 2 aliphatic rings. The van der Waals surface area contributed by atoms with Crippen LogP contribution in [0.3, 0.4) is 0 Å². The molecule has 5 heteroatoms. The second-order valence-electron chi connectivity index (χ2n) is 9.38. The van der Waals surface area contributed by atoms with E-state index in [2.05, 4.69) is 6.92 Å². The van der Waals surface area contributed by atoms with E-state index in [0.29, 0.717) is 0 Å². The summed E-state index contributed by atoms with van der Waals surface area (Å²) in [7, 11) is 0. The predicted octanol–water partition coefficient (Wildman–Crippen LogP) is 8.67. The molecule has 0 aliphatic heterocycles. The average molecular weight is 441 g/mol.